The highest BCUT2D eigenvalue weighted by atomic mass is 32.2. The molecule has 0 amide bonds. The summed E-state index contributed by atoms with van der Waals surface area (Å²) in [4.78, 5) is 12.6. The van der Waals surface area contributed by atoms with Gasteiger partial charge in [0, 0.05) is 11.3 Å². The fourth-order valence-electron chi connectivity index (χ4n) is 4.14. The van der Waals surface area contributed by atoms with Crippen molar-refractivity contribution in [3.8, 4) is 0 Å². The molecule has 0 radical (unpaired) electrons. The van der Waals surface area contributed by atoms with E-state index in [0.717, 1.165) is 4.90 Å². The van der Waals surface area contributed by atoms with E-state index in [1.807, 2.05) is 58.0 Å². The number of ether oxygens (including phenoxy) is 6. The monoisotopic (exact) mass is 424 g/mol. The van der Waals surface area contributed by atoms with Crippen LogP contribution in [-0.2, 0) is 33.2 Å². The van der Waals surface area contributed by atoms with Crippen molar-refractivity contribution in [3.63, 3.8) is 0 Å². The largest absolute Gasteiger partial charge is 0.466 e. The van der Waals surface area contributed by atoms with E-state index in [-0.39, 0.29) is 12.2 Å². The molecule has 0 bridgehead atoms. The number of thioether (sulfide) groups is 1. The molecule has 3 saturated heterocycles. The molecule has 7 nitrogen and oxygen atoms in total. The van der Waals surface area contributed by atoms with E-state index in [2.05, 4.69) is 0 Å². The summed E-state index contributed by atoms with van der Waals surface area (Å²) < 4.78 is 35.8. The van der Waals surface area contributed by atoms with Gasteiger partial charge in [0.1, 0.15) is 18.3 Å². The fourth-order valence-corrected chi connectivity index (χ4v) is 5.38. The van der Waals surface area contributed by atoms with Crippen molar-refractivity contribution in [2.45, 2.75) is 79.9 Å². The average Bonchev–Trinajstić information content (AvgIpc) is 3.18. The Morgan fingerprint density at radius 1 is 0.966 bits per heavy atom. The van der Waals surface area contributed by atoms with E-state index in [4.69, 9.17) is 28.4 Å². The molecule has 0 aromatic heterocycles. The molecule has 1 aromatic rings. The first-order valence-electron chi connectivity index (χ1n) is 9.81. The number of hydrogen-bond acceptors (Lipinski definition) is 8. The summed E-state index contributed by atoms with van der Waals surface area (Å²) in [6.45, 7) is 7.79. The standard InChI is InChI=1S/C21H28O7S/c1-19(2)24-12-15(26-19)17-16-14(25-20(3,4)27-16)11-21(28-17,18(22)23-5)29-13-9-7-6-8-10-13/h6-10,14-17H,11-12H2,1-5H3/t14-,15-,16-,17-,21+/m1/s1. The minimum absolute atomic E-state index is 0.306. The summed E-state index contributed by atoms with van der Waals surface area (Å²) in [5.41, 5.74) is 0. The third kappa shape index (κ3) is 4.19. The Bertz CT molecular complexity index is 753. The molecule has 0 aliphatic carbocycles. The SMILES string of the molecule is COC(=O)[C@@]1(Sc2ccccc2)C[C@H]2OC(C)(C)O[C@H]2[C@@H]([C@H]2COC(C)(C)O2)O1. The van der Waals surface area contributed by atoms with Crippen molar-refractivity contribution in [3.05, 3.63) is 30.3 Å². The first-order chi connectivity index (χ1) is 13.6. The van der Waals surface area contributed by atoms with E-state index in [9.17, 15) is 4.79 Å². The molecule has 3 aliphatic rings. The molecule has 29 heavy (non-hydrogen) atoms. The topological polar surface area (TPSA) is 72.5 Å². The van der Waals surface area contributed by atoms with Crippen molar-refractivity contribution in [1.29, 1.82) is 0 Å². The normalized spacial score (nSPS) is 37.8. The lowest BCUT2D eigenvalue weighted by Gasteiger charge is -2.44. The minimum Gasteiger partial charge on any atom is -0.466 e. The predicted molar refractivity (Wildman–Crippen MR) is 105 cm³/mol. The van der Waals surface area contributed by atoms with E-state index in [1.54, 1.807) is 0 Å². The molecule has 8 heteroatoms. The number of methoxy groups -OCH3 is 1. The molecular formula is C21H28O7S. The predicted octanol–water partition coefficient (Wildman–Crippen LogP) is 3.11. The Kier molecular flexibility index (Phi) is 5.46. The van der Waals surface area contributed by atoms with Gasteiger partial charge < -0.3 is 28.4 Å². The molecule has 0 N–H and O–H groups in total. The zero-order chi connectivity index (χ0) is 20.9. The van der Waals surface area contributed by atoms with Gasteiger partial charge in [0.2, 0.25) is 4.93 Å². The van der Waals surface area contributed by atoms with Gasteiger partial charge in [-0.05, 0) is 39.8 Å². The second-order valence-corrected chi connectivity index (χ2v) is 9.79. The van der Waals surface area contributed by atoms with Crippen LogP contribution in [0.1, 0.15) is 34.1 Å². The fraction of sp³-hybridized carbons (Fsp3) is 0.667. The first-order valence-corrected chi connectivity index (χ1v) is 10.6. The van der Waals surface area contributed by atoms with Crippen molar-refractivity contribution in [2.24, 2.45) is 0 Å². The summed E-state index contributed by atoms with van der Waals surface area (Å²) in [6.07, 6.45) is -1.35. The summed E-state index contributed by atoms with van der Waals surface area (Å²) in [5, 5.41) is 0. The van der Waals surface area contributed by atoms with E-state index in [0.29, 0.717) is 13.0 Å². The summed E-state index contributed by atoms with van der Waals surface area (Å²) in [6, 6.07) is 9.65. The average molecular weight is 425 g/mol. The van der Waals surface area contributed by atoms with Gasteiger partial charge in [0.25, 0.3) is 0 Å². The van der Waals surface area contributed by atoms with Gasteiger partial charge in [-0.15, -0.1) is 0 Å². The number of fused-ring (bicyclic) bond motifs is 1. The number of benzene rings is 1. The van der Waals surface area contributed by atoms with Crippen molar-refractivity contribution < 1.29 is 33.2 Å². The van der Waals surface area contributed by atoms with Crippen molar-refractivity contribution in [1.82, 2.24) is 0 Å². The van der Waals surface area contributed by atoms with Crippen LogP contribution in [0.5, 0.6) is 0 Å². The molecule has 0 saturated carbocycles. The Hall–Kier alpha value is -1.16. The lowest BCUT2D eigenvalue weighted by molar-refractivity contribution is -0.217. The molecule has 0 spiro atoms. The third-order valence-electron chi connectivity index (χ3n) is 5.26. The Morgan fingerprint density at radius 3 is 2.24 bits per heavy atom. The molecule has 3 fully saturated rings. The molecule has 0 unspecified atom stereocenters. The highest BCUT2D eigenvalue weighted by Gasteiger charge is 2.61. The summed E-state index contributed by atoms with van der Waals surface area (Å²) in [5.74, 6) is -1.97. The maximum absolute atomic E-state index is 13.0. The second kappa shape index (κ2) is 7.51. The van der Waals surface area contributed by atoms with Gasteiger partial charge in [0.15, 0.2) is 11.6 Å². The van der Waals surface area contributed by atoms with Crippen molar-refractivity contribution >= 4 is 17.7 Å². The van der Waals surface area contributed by atoms with Gasteiger partial charge in [0.05, 0.1) is 19.8 Å². The zero-order valence-electron chi connectivity index (χ0n) is 17.4. The van der Waals surface area contributed by atoms with E-state index >= 15 is 0 Å². The molecule has 5 atom stereocenters. The van der Waals surface area contributed by atoms with Crippen LogP contribution in [-0.4, -0.2) is 60.6 Å². The van der Waals surface area contributed by atoms with Crippen molar-refractivity contribution in [2.75, 3.05) is 13.7 Å². The molecule has 3 heterocycles. The Labute approximate surface area is 175 Å². The van der Waals surface area contributed by atoms with E-state index in [1.165, 1.54) is 18.9 Å². The summed E-state index contributed by atoms with van der Waals surface area (Å²) >= 11 is 1.33. The Balaban J connectivity index is 1.69. The lowest BCUT2D eigenvalue weighted by atomic mass is 9.94. The quantitative estimate of drug-likeness (QED) is 0.683. The number of carbonyl (C=O) groups excluding carboxylic acids is 1. The number of rotatable bonds is 4. The summed E-state index contributed by atoms with van der Waals surface area (Å²) in [7, 11) is 1.37. The highest BCUT2D eigenvalue weighted by Crippen LogP contribution is 2.50. The molecule has 3 aliphatic heterocycles. The van der Waals surface area contributed by atoms with Crippen LogP contribution in [0.15, 0.2) is 35.2 Å². The third-order valence-corrected chi connectivity index (χ3v) is 6.53. The Morgan fingerprint density at radius 2 is 1.62 bits per heavy atom. The van der Waals surface area contributed by atoms with Crippen LogP contribution in [0.25, 0.3) is 0 Å². The highest BCUT2D eigenvalue weighted by molar-refractivity contribution is 8.01. The van der Waals surface area contributed by atoms with Crippen LogP contribution in [0.4, 0.5) is 0 Å². The maximum Gasteiger partial charge on any atom is 0.349 e. The second-order valence-electron chi connectivity index (χ2n) is 8.45. The number of hydrogen-bond donors (Lipinski definition) is 0. The van der Waals surface area contributed by atoms with Crippen LogP contribution >= 0.6 is 11.8 Å². The number of carbonyl (C=O) groups is 1. The van der Waals surface area contributed by atoms with Gasteiger partial charge >= 0.3 is 5.97 Å². The van der Waals surface area contributed by atoms with Crippen LogP contribution in [0.3, 0.4) is 0 Å². The van der Waals surface area contributed by atoms with Crippen LogP contribution in [0, 0.1) is 0 Å². The zero-order valence-corrected chi connectivity index (χ0v) is 18.2. The van der Waals surface area contributed by atoms with Gasteiger partial charge in [-0.1, -0.05) is 30.0 Å². The van der Waals surface area contributed by atoms with E-state index < -0.39 is 34.7 Å². The van der Waals surface area contributed by atoms with Crippen LogP contribution in [0.2, 0.25) is 0 Å². The molecule has 160 valence electrons. The number of esters is 1. The molecule has 4 rings (SSSR count). The van der Waals surface area contributed by atoms with Gasteiger partial charge in [-0.2, -0.15) is 0 Å². The minimum atomic E-state index is -1.28. The maximum atomic E-state index is 13.0. The lowest BCUT2D eigenvalue weighted by Crippen LogP contribution is -2.59. The van der Waals surface area contributed by atoms with Crippen LogP contribution < -0.4 is 0 Å². The molecule has 1 aromatic carbocycles. The smallest absolute Gasteiger partial charge is 0.349 e. The molecular weight excluding hydrogens is 396 g/mol. The van der Waals surface area contributed by atoms with Gasteiger partial charge in [-0.25, -0.2) is 4.79 Å². The first kappa shape index (κ1) is 21.1. The van der Waals surface area contributed by atoms with Gasteiger partial charge in [-0.3, -0.25) is 0 Å².